The molecule has 0 aromatic carbocycles. The second kappa shape index (κ2) is 11.3. The van der Waals surface area contributed by atoms with E-state index in [4.69, 9.17) is 0 Å². The first-order valence-corrected chi connectivity index (χ1v) is 6.07. The van der Waals surface area contributed by atoms with Gasteiger partial charge in [0, 0.05) is 18.8 Å². The van der Waals surface area contributed by atoms with Crippen LogP contribution in [0.1, 0.15) is 40.0 Å². The Bertz CT molecular complexity index is 183. The van der Waals surface area contributed by atoms with E-state index in [2.05, 4.69) is 49.6 Å². The molecule has 0 saturated carbocycles. The predicted octanol–water partition coefficient (Wildman–Crippen LogP) is 2.84. The highest BCUT2D eigenvalue weighted by Crippen LogP contribution is 1.89. The zero-order valence-corrected chi connectivity index (χ0v) is 10.5. The average Bonchev–Trinajstić information content (AvgIpc) is 2.22. The van der Waals surface area contributed by atoms with Crippen LogP contribution < -0.4 is 10.6 Å². The van der Waals surface area contributed by atoms with Crippen LogP contribution in [0.25, 0.3) is 0 Å². The quantitative estimate of drug-likeness (QED) is 0.452. The lowest BCUT2D eigenvalue weighted by molar-refractivity contribution is 0.655. The Kier molecular flexibility index (Phi) is 10.7. The molecule has 0 aromatic rings. The fraction of sp³-hybridized carbons (Fsp3) is 0.692. The molecule has 0 aromatic heterocycles. The molecule has 2 heteroatoms. The molecule has 0 bridgehead atoms. The van der Waals surface area contributed by atoms with E-state index in [9.17, 15) is 0 Å². The Hall–Kier alpha value is -0.760. The van der Waals surface area contributed by atoms with Crippen LogP contribution in [0.2, 0.25) is 0 Å². The van der Waals surface area contributed by atoms with Gasteiger partial charge in [-0.05, 0) is 32.7 Å². The summed E-state index contributed by atoms with van der Waals surface area (Å²) < 4.78 is 0. The molecule has 15 heavy (non-hydrogen) atoms. The summed E-state index contributed by atoms with van der Waals surface area (Å²) in [5, 5.41) is 6.77. The second-order valence-corrected chi connectivity index (χ2v) is 3.66. The first kappa shape index (κ1) is 14.2. The van der Waals surface area contributed by atoms with Crippen LogP contribution in [-0.4, -0.2) is 19.6 Å². The number of allylic oxidation sites excluding steroid dienone is 3. The third-order valence-electron chi connectivity index (χ3n) is 2.11. The van der Waals surface area contributed by atoms with E-state index >= 15 is 0 Å². The van der Waals surface area contributed by atoms with Gasteiger partial charge in [-0.3, -0.25) is 0 Å². The van der Waals surface area contributed by atoms with Crippen molar-refractivity contribution in [3.05, 3.63) is 23.9 Å². The van der Waals surface area contributed by atoms with Crippen LogP contribution in [0.5, 0.6) is 0 Å². The molecule has 0 radical (unpaired) electrons. The van der Waals surface area contributed by atoms with Crippen molar-refractivity contribution in [1.82, 2.24) is 10.6 Å². The Morgan fingerprint density at radius 2 is 1.87 bits per heavy atom. The van der Waals surface area contributed by atoms with Crippen molar-refractivity contribution in [1.29, 1.82) is 0 Å². The lowest BCUT2D eigenvalue weighted by Gasteiger charge is -2.06. The third-order valence-corrected chi connectivity index (χ3v) is 2.11. The molecule has 0 heterocycles. The van der Waals surface area contributed by atoms with Crippen LogP contribution in [-0.2, 0) is 0 Å². The average molecular weight is 210 g/mol. The molecule has 0 atom stereocenters. The summed E-state index contributed by atoms with van der Waals surface area (Å²) in [5.74, 6) is 0. The Balaban J connectivity index is 3.18. The van der Waals surface area contributed by atoms with E-state index in [-0.39, 0.29) is 0 Å². The second-order valence-electron chi connectivity index (χ2n) is 3.66. The van der Waals surface area contributed by atoms with Crippen LogP contribution in [0, 0.1) is 0 Å². The maximum absolute atomic E-state index is 3.39. The molecule has 0 spiro atoms. The van der Waals surface area contributed by atoms with Crippen molar-refractivity contribution in [2.24, 2.45) is 0 Å². The van der Waals surface area contributed by atoms with Crippen molar-refractivity contribution < 1.29 is 0 Å². The van der Waals surface area contributed by atoms with Gasteiger partial charge in [-0.2, -0.15) is 0 Å². The highest BCUT2D eigenvalue weighted by molar-refractivity contribution is 4.94. The molecule has 0 amide bonds. The summed E-state index contributed by atoms with van der Waals surface area (Å²) >= 11 is 0. The van der Waals surface area contributed by atoms with Crippen molar-refractivity contribution >= 4 is 0 Å². The first-order chi connectivity index (χ1) is 7.31. The number of hydrogen-bond acceptors (Lipinski definition) is 2. The minimum absolute atomic E-state index is 0.998. The summed E-state index contributed by atoms with van der Waals surface area (Å²) in [6.07, 6.45) is 10.0. The standard InChI is InChI=1S/C13H26N2/c1-4-6-7-10-14-11-8-12-15-13(3)9-5-2/h6-7,9,14-15H,4-5,8,10-12H2,1-3H3/b7-6?,13-9+. The zero-order valence-electron chi connectivity index (χ0n) is 10.5. The molecule has 0 unspecified atom stereocenters. The SMILES string of the molecule is CCC=CCNCCCN/C(C)=C/CC. The number of rotatable bonds is 9. The zero-order chi connectivity index (χ0) is 11.4. The molecular formula is C13H26N2. The number of hydrogen-bond donors (Lipinski definition) is 2. The minimum atomic E-state index is 0.998. The molecule has 0 saturated heterocycles. The third kappa shape index (κ3) is 11.2. The lowest BCUT2D eigenvalue weighted by Crippen LogP contribution is -2.21. The van der Waals surface area contributed by atoms with Gasteiger partial charge in [0.15, 0.2) is 0 Å². The predicted molar refractivity (Wildman–Crippen MR) is 69.0 cm³/mol. The summed E-state index contributed by atoms with van der Waals surface area (Å²) in [6, 6.07) is 0. The van der Waals surface area contributed by atoms with E-state index in [1.807, 2.05) is 0 Å². The summed E-state index contributed by atoms with van der Waals surface area (Å²) in [5.41, 5.74) is 1.29. The molecule has 0 aliphatic carbocycles. The molecule has 0 aliphatic heterocycles. The lowest BCUT2D eigenvalue weighted by atomic mass is 10.3. The van der Waals surface area contributed by atoms with E-state index in [1.54, 1.807) is 0 Å². The van der Waals surface area contributed by atoms with Crippen molar-refractivity contribution in [3.8, 4) is 0 Å². The van der Waals surface area contributed by atoms with Gasteiger partial charge in [0.05, 0.1) is 0 Å². The maximum atomic E-state index is 3.39. The minimum Gasteiger partial charge on any atom is -0.389 e. The molecule has 0 aliphatic rings. The van der Waals surface area contributed by atoms with Crippen LogP contribution in [0.15, 0.2) is 23.9 Å². The smallest absolute Gasteiger partial charge is 0.0155 e. The first-order valence-electron chi connectivity index (χ1n) is 6.07. The van der Waals surface area contributed by atoms with E-state index in [0.29, 0.717) is 0 Å². The van der Waals surface area contributed by atoms with E-state index in [0.717, 1.165) is 32.5 Å². The fourth-order valence-corrected chi connectivity index (χ4v) is 1.31. The Morgan fingerprint density at radius 3 is 2.53 bits per heavy atom. The van der Waals surface area contributed by atoms with Gasteiger partial charge in [0.2, 0.25) is 0 Å². The molecule has 2 N–H and O–H groups in total. The van der Waals surface area contributed by atoms with E-state index < -0.39 is 0 Å². The van der Waals surface area contributed by atoms with Gasteiger partial charge < -0.3 is 10.6 Å². The Labute approximate surface area is 94.8 Å². The van der Waals surface area contributed by atoms with Crippen molar-refractivity contribution in [2.45, 2.75) is 40.0 Å². The molecular weight excluding hydrogens is 184 g/mol. The summed E-state index contributed by atoms with van der Waals surface area (Å²) in [4.78, 5) is 0. The Morgan fingerprint density at radius 1 is 1.07 bits per heavy atom. The fourth-order valence-electron chi connectivity index (χ4n) is 1.31. The van der Waals surface area contributed by atoms with Gasteiger partial charge in [-0.1, -0.05) is 32.1 Å². The van der Waals surface area contributed by atoms with Crippen LogP contribution in [0.3, 0.4) is 0 Å². The van der Waals surface area contributed by atoms with Crippen LogP contribution in [0.4, 0.5) is 0 Å². The summed E-state index contributed by atoms with van der Waals surface area (Å²) in [7, 11) is 0. The monoisotopic (exact) mass is 210 g/mol. The highest BCUT2D eigenvalue weighted by atomic mass is 14.9. The number of nitrogens with one attached hydrogen (secondary N) is 2. The van der Waals surface area contributed by atoms with Crippen LogP contribution >= 0.6 is 0 Å². The van der Waals surface area contributed by atoms with Gasteiger partial charge in [-0.15, -0.1) is 0 Å². The van der Waals surface area contributed by atoms with Crippen molar-refractivity contribution in [2.75, 3.05) is 19.6 Å². The highest BCUT2D eigenvalue weighted by Gasteiger charge is 1.88. The van der Waals surface area contributed by atoms with Crippen molar-refractivity contribution in [3.63, 3.8) is 0 Å². The molecule has 0 rings (SSSR count). The van der Waals surface area contributed by atoms with Gasteiger partial charge in [-0.25, -0.2) is 0 Å². The van der Waals surface area contributed by atoms with Gasteiger partial charge in [0.25, 0.3) is 0 Å². The molecule has 2 nitrogen and oxygen atoms in total. The van der Waals surface area contributed by atoms with Gasteiger partial charge >= 0.3 is 0 Å². The molecule has 88 valence electrons. The topological polar surface area (TPSA) is 24.1 Å². The normalized spacial score (nSPS) is 12.3. The summed E-state index contributed by atoms with van der Waals surface area (Å²) in [6.45, 7) is 9.59. The van der Waals surface area contributed by atoms with E-state index in [1.165, 1.54) is 12.1 Å². The molecule has 0 fully saturated rings. The maximum Gasteiger partial charge on any atom is 0.0155 e. The van der Waals surface area contributed by atoms with Gasteiger partial charge in [0.1, 0.15) is 0 Å². The largest absolute Gasteiger partial charge is 0.389 e.